The van der Waals surface area contributed by atoms with Crippen LogP contribution in [0.2, 0.25) is 0 Å². The summed E-state index contributed by atoms with van der Waals surface area (Å²) in [6.07, 6.45) is 0. The molecular formula is C6H5NO5. The van der Waals surface area contributed by atoms with Crippen LogP contribution in [0.25, 0.3) is 0 Å². The monoisotopic (exact) mass is 171 g/mol. The van der Waals surface area contributed by atoms with Crippen LogP contribution in [0.5, 0.6) is 17.2 Å². The van der Waals surface area contributed by atoms with Gasteiger partial charge in [-0.05, 0) is 0 Å². The number of benzene rings is 1. The molecule has 0 radical (unpaired) electrons. The lowest BCUT2D eigenvalue weighted by atomic mass is 10.2. The number of phenols is 3. The highest BCUT2D eigenvalue weighted by atomic mass is 16.6. The second-order valence-corrected chi connectivity index (χ2v) is 2.09. The van der Waals surface area contributed by atoms with E-state index in [2.05, 4.69) is 0 Å². The zero-order valence-corrected chi connectivity index (χ0v) is 5.76. The molecule has 0 aliphatic rings. The van der Waals surface area contributed by atoms with Gasteiger partial charge in [0.25, 0.3) is 0 Å². The summed E-state index contributed by atoms with van der Waals surface area (Å²) < 4.78 is 0. The standard InChI is InChI=1S/C6H5NO5/c8-3-1-4(7(11)12)6(10)5(9)2-3/h1-2,8-10H. The first-order valence-corrected chi connectivity index (χ1v) is 2.91. The molecule has 12 heavy (non-hydrogen) atoms. The molecule has 64 valence electrons. The minimum atomic E-state index is -0.908. The van der Waals surface area contributed by atoms with Crippen LogP contribution in [-0.4, -0.2) is 20.2 Å². The molecule has 0 spiro atoms. The van der Waals surface area contributed by atoms with E-state index in [1.807, 2.05) is 0 Å². The Morgan fingerprint density at radius 2 is 1.83 bits per heavy atom. The summed E-state index contributed by atoms with van der Waals surface area (Å²) in [4.78, 5) is 9.24. The maximum absolute atomic E-state index is 10.1. The molecule has 0 saturated heterocycles. The molecule has 0 aromatic heterocycles. The van der Waals surface area contributed by atoms with Crippen LogP contribution < -0.4 is 0 Å². The maximum Gasteiger partial charge on any atom is 0.318 e. The van der Waals surface area contributed by atoms with E-state index in [1.54, 1.807) is 0 Å². The number of phenolic OH excluding ortho intramolecular Hbond substituents is 3. The van der Waals surface area contributed by atoms with Gasteiger partial charge in [-0.2, -0.15) is 0 Å². The Morgan fingerprint density at radius 3 is 2.33 bits per heavy atom. The van der Waals surface area contributed by atoms with Crippen molar-refractivity contribution in [2.45, 2.75) is 0 Å². The Hall–Kier alpha value is -1.98. The Bertz CT molecular complexity index is 335. The second-order valence-electron chi connectivity index (χ2n) is 2.09. The lowest BCUT2D eigenvalue weighted by molar-refractivity contribution is -0.386. The number of nitrogens with zero attached hydrogens (tertiary/aromatic N) is 1. The SMILES string of the molecule is O=[N+]([O-])c1cc(O)cc(O)c1O. The Labute approximate surface area is 66.5 Å². The van der Waals surface area contributed by atoms with Gasteiger partial charge < -0.3 is 15.3 Å². The first-order chi connectivity index (χ1) is 5.52. The van der Waals surface area contributed by atoms with Gasteiger partial charge in [-0.15, -0.1) is 0 Å². The van der Waals surface area contributed by atoms with Gasteiger partial charge >= 0.3 is 5.69 Å². The predicted octanol–water partition coefficient (Wildman–Crippen LogP) is 0.712. The molecule has 0 aliphatic carbocycles. The van der Waals surface area contributed by atoms with Gasteiger partial charge in [0.2, 0.25) is 5.75 Å². The van der Waals surface area contributed by atoms with Gasteiger partial charge in [0, 0.05) is 6.07 Å². The zero-order chi connectivity index (χ0) is 9.30. The molecule has 0 bridgehead atoms. The molecular weight excluding hydrogens is 166 g/mol. The summed E-state index contributed by atoms with van der Waals surface area (Å²) in [6, 6.07) is 1.55. The smallest absolute Gasteiger partial charge is 0.318 e. The minimum Gasteiger partial charge on any atom is -0.508 e. The van der Waals surface area contributed by atoms with E-state index in [1.165, 1.54) is 0 Å². The fourth-order valence-electron chi connectivity index (χ4n) is 0.729. The van der Waals surface area contributed by atoms with Crippen molar-refractivity contribution in [3.63, 3.8) is 0 Å². The number of rotatable bonds is 1. The Morgan fingerprint density at radius 1 is 1.25 bits per heavy atom. The summed E-state index contributed by atoms with van der Waals surface area (Å²) in [5.74, 6) is -2.04. The molecule has 3 N–H and O–H groups in total. The molecule has 6 nitrogen and oxygen atoms in total. The van der Waals surface area contributed by atoms with Gasteiger partial charge in [0.1, 0.15) is 5.75 Å². The first kappa shape index (κ1) is 8.12. The van der Waals surface area contributed by atoms with E-state index in [0.29, 0.717) is 0 Å². The molecule has 0 amide bonds. The highest BCUT2D eigenvalue weighted by molar-refractivity contribution is 5.57. The average molecular weight is 171 g/mol. The molecule has 0 fully saturated rings. The summed E-state index contributed by atoms with van der Waals surface area (Å²) >= 11 is 0. The number of aromatic hydroxyl groups is 3. The van der Waals surface area contributed by atoms with Crippen molar-refractivity contribution >= 4 is 5.69 Å². The summed E-state index contributed by atoms with van der Waals surface area (Å²) in [6.45, 7) is 0. The van der Waals surface area contributed by atoms with Gasteiger partial charge in [-0.1, -0.05) is 0 Å². The van der Waals surface area contributed by atoms with Crippen molar-refractivity contribution in [2.24, 2.45) is 0 Å². The van der Waals surface area contributed by atoms with E-state index < -0.39 is 27.9 Å². The zero-order valence-electron chi connectivity index (χ0n) is 5.76. The van der Waals surface area contributed by atoms with Crippen LogP contribution >= 0.6 is 0 Å². The largest absolute Gasteiger partial charge is 0.508 e. The third-order valence-corrected chi connectivity index (χ3v) is 1.25. The molecule has 0 saturated carbocycles. The molecule has 1 rings (SSSR count). The maximum atomic E-state index is 10.1. The van der Waals surface area contributed by atoms with Gasteiger partial charge in [-0.25, -0.2) is 0 Å². The van der Waals surface area contributed by atoms with Gasteiger partial charge in [0.05, 0.1) is 11.0 Å². The molecule has 6 heteroatoms. The lowest BCUT2D eigenvalue weighted by Crippen LogP contribution is -1.88. The van der Waals surface area contributed by atoms with Gasteiger partial charge in [-0.3, -0.25) is 10.1 Å². The Balaban J connectivity index is 3.37. The number of nitro groups is 1. The first-order valence-electron chi connectivity index (χ1n) is 2.91. The third-order valence-electron chi connectivity index (χ3n) is 1.25. The minimum absolute atomic E-state index is 0.475. The number of hydrogen-bond acceptors (Lipinski definition) is 5. The van der Waals surface area contributed by atoms with Crippen LogP contribution in [-0.2, 0) is 0 Å². The van der Waals surface area contributed by atoms with Crippen molar-refractivity contribution in [1.29, 1.82) is 0 Å². The van der Waals surface area contributed by atoms with Crippen LogP contribution in [0.4, 0.5) is 5.69 Å². The van der Waals surface area contributed by atoms with Crippen molar-refractivity contribution in [1.82, 2.24) is 0 Å². The molecule has 0 unspecified atom stereocenters. The van der Waals surface area contributed by atoms with Crippen LogP contribution in [0.3, 0.4) is 0 Å². The van der Waals surface area contributed by atoms with Crippen molar-refractivity contribution < 1.29 is 20.2 Å². The Kier molecular flexibility index (Phi) is 1.74. The highest BCUT2D eigenvalue weighted by Gasteiger charge is 2.18. The number of nitro benzene ring substituents is 1. The average Bonchev–Trinajstić information content (AvgIpc) is 1.96. The quantitative estimate of drug-likeness (QED) is 0.250. The highest BCUT2D eigenvalue weighted by Crippen LogP contribution is 2.38. The summed E-state index contributed by atoms with van der Waals surface area (Å²) in [5, 5.41) is 36.6. The van der Waals surface area contributed by atoms with Crippen LogP contribution in [0, 0.1) is 10.1 Å². The third kappa shape index (κ3) is 1.22. The predicted molar refractivity (Wildman–Crippen MR) is 38.1 cm³/mol. The van der Waals surface area contributed by atoms with Crippen molar-refractivity contribution in [3.8, 4) is 17.2 Å². The van der Waals surface area contributed by atoms with Crippen LogP contribution in [0.1, 0.15) is 0 Å². The summed E-state index contributed by atoms with van der Waals surface area (Å²) in [7, 11) is 0. The van der Waals surface area contributed by atoms with E-state index in [4.69, 9.17) is 15.3 Å². The molecule has 1 aromatic carbocycles. The van der Waals surface area contributed by atoms with Crippen molar-refractivity contribution in [3.05, 3.63) is 22.2 Å². The van der Waals surface area contributed by atoms with Gasteiger partial charge in [0.15, 0.2) is 5.75 Å². The normalized spacial score (nSPS) is 9.67. The topological polar surface area (TPSA) is 104 Å². The number of hydrogen-bond donors (Lipinski definition) is 3. The molecule has 0 aliphatic heterocycles. The summed E-state index contributed by atoms with van der Waals surface area (Å²) in [5.41, 5.74) is -0.729. The fraction of sp³-hybridized carbons (Fsp3) is 0. The molecule has 0 atom stereocenters. The van der Waals surface area contributed by atoms with E-state index in [-0.39, 0.29) is 0 Å². The van der Waals surface area contributed by atoms with Crippen molar-refractivity contribution in [2.75, 3.05) is 0 Å². The van der Waals surface area contributed by atoms with E-state index >= 15 is 0 Å². The van der Waals surface area contributed by atoms with E-state index in [0.717, 1.165) is 12.1 Å². The fourth-order valence-corrected chi connectivity index (χ4v) is 0.729. The van der Waals surface area contributed by atoms with Crippen LogP contribution in [0.15, 0.2) is 12.1 Å². The molecule has 0 heterocycles. The lowest BCUT2D eigenvalue weighted by Gasteiger charge is -1.98. The molecule has 1 aromatic rings. The van der Waals surface area contributed by atoms with E-state index in [9.17, 15) is 10.1 Å². The second kappa shape index (κ2) is 2.57.